The predicted molar refractivity (Wildman–Crippen MR) is 68.7 cm³/mol. The molecule has 0 aliphatic carbocycles. The van der Waals surface area contributed by atoms with Crippen LogP contribution in [0.4, 0.5) is 4.39 Å². The quantitative estimate of drug-likeness (QED) is 0.849. The van der Waals surface area contributed by atoms with E-state index in [1.165, 1.54) is 19.2 Å². The predicted octanol–water partition coefficient (Wildman–Crippen LogP) is 2.51. The third-order valence-corrected chi connectivity index (χ3v) is 5.15. The minimum atomic E-state index is -3.71. The van der Waals surface area contributed by atoms with Crippen molar-refractivity contribution in [2.75, 3.05) is 7.05 Å². The molecule has 0 N–H and O–H groups in total. The Bertz CT molecular complexity index is 583. The van der Waals surface area contributed by atoms with E-state index < -0.39 is 21.9 Å². The number of nitrogens with zero attached hydrogens (tertiary/aromatic N) is 2. The molecule has 98 valence electrons. The highest BCUT2D eigenvalue weighted by Gasteiger charge is 2.25. The Morgan fingerprint density at radius 2 is 2.17 bits per heavy atom. The van der Waals surface area contributed by atoms with E-state index in [-0.39, 0.29) is 15.8 Å². The molecule has 0 aromatic heterocycles. The van der Waals surface area contributed by atoms with E-state index in [4.69, 9.17) is 5.26 Å². The summed E-state index contributed by atoms with van der Waals surface area (Å²) in [5.74, 6) is -0.526. The standard InChI is InChI=1S/C11H12BrFN2O2S/c1-8(5-6-14)15(2)18(16,17)9-3-4-11(13)10(12)7-9/h3-4,7-8H,5H2,1-2H3. The van der Waals surface area contributed by atoms with Gasteiger partial charge in [0.05, 0.1) is 21.9 Å². The van der Waals surface area contributed by atoms with Crippen LogP contribution in [-0.4, -0.2) is 25.8 Å². The summed E-state index contributed by atoms with van der Waals surface area (Å²) in [5, 5.41) is 8.57. The number of halogens is 2. The average Bonchev–Trinajstić information content (AvgIpc) is 2.31. The van der Waals surface area contributed by atoms with Gasteiger partial charge in [-0.2, -0.15) is 9.57 Å². The van der Waals surface area contributed by atoms with Crippen LogP contribution in [0.3, 0.4) is 0 Å². The zero-order chi connectivity index (χ0) is 13.9. The van der Waals surface area contributed by atoms with Crippen LogP contribution in [0.15, 0.2) is 27.6 Å². The zero-order valence-electron chi connectivity index (χ0n) is 9.89. The first kappa shape index (κ1) is 15.1. The monoisotopic (exact) mass is 334 g/mol. The molecule has 0 saturated carbocycles. The van der Waals surface area contributed by atoms with Crippen LogP contribution >= 0.6 is 15.9 Å². The molecule has 18 heavy (non-hydrogen) atoms. The van der Waals surface area contributed by atoms with E-state index in [1.807, 2.05) is 6.07 Å². The minimum absolute atomic E-state index is 0.0111. The van der Waals surface area contributed by atoms with Gasteiger partial charge in [0.2, 0.25) is 10.0 Å². The van der Waals surface area contributed by atoms with Crippen LogP contribution in [0.25, 0.3) is 0 Å². The fourth-order valence-electron chi connectivity index (χ4n) is 1.30. The molecule has 7 heteroatoms. The molecule has 0 amide bonds. The van der Waals surface area contributed by atoms with Gasteiger partial charge in [0.1, 0.15) is 5.82 Å². The smallest absolute Gasteiger partial charge is 0.207 e. The molecule has 0 bridgehead atoms. The summed E-state index contributed by atoms with van der Waals surface area (Å²) in [7, 11) is -2.32. The summed E-state index contributed by atoms with van der Waals surface area (Å²) in [6.07, 6.45) is 0.0953. The van der Waals surface area contributed by atoms with Crippen molar-refractivity contribution in [3.8, 4) is 6.07 Å². The lowest BCUT2D eigenvalue weighted by atomic mass is 10.3. The molecule has 0 aliphatic heterocycles. The van der Waals surface area contributed by atoms with Gasteiger partial charge in [-0.1, -0.05) is 0 Å². The lowest BCUT2D eigenvalue weighted by molar-refractivity contribution is 0.393. The van der Waals surface area contributed by atoms with Crippen LogP contribution in [0.5, 0.6) is 0 Å². The van der Waals surface area contributed by atoms with Gasteiger partial charge in [-0.25, -0.2) is 12.8 Å². The summed E-state index contributed by atoms with van der Waals surface area (Å²) in [6, 6.07) is 4.97. The number of hydrogen-bond donors (Lipinski definition) is 0. The Morgan fingerprint density at radius 3 is 2.67 bits per heavy atom. The van der Waals surface area contributed by atoms with Crippen LogP contribution in [0.1, 0.15) is 13.3 Å². The molecule has 1 atom stereocenters. The van der Waals surface area contributed by atoms with Gasteiger partial charge < -0.3 is 0 Å². The molecule has 0 heterocycles. The van der Waals surface area contributed by atoms with Crippen molar-refractivity contribution in [2.45, 2.75) is 24.3 Å². The maximum absolute atomic E-state index is 13.1. The Labute approximate surface area is 114 Å². The SMILES string of the molecule is CC(CC#N)N(C)S(=O)(=O)c1ccc(F)c(Br)c1. The van der Waals surface area contributed by atoms with Crippen LogP contribution in [0.2, 0.25) is 0 Å². The highest BCUT2D eigenvalue weighted by molar-refractivity contribution is 9.10. The first-order valence-electron chi connectivity index (χ1n) is 5.10. The minimum Gasteiger partial charge on any atom is -0.207 e. The first-order valence-corrected chi connectivity index (χ1v) is 7.34. The maximum atomic E-state index is 13.1. The van der Waals surface area contributed by atoms with Gasteiger partial charge in [-0.05, 0) is 41.1 Å². The van der Waals surface area contributed by atoms with Gasteiger partial charge in [0.25, 0.3) is 0 Å². The van der Waals surface area contributed by atoms with Crippen LogP contribution < -0.4 is 0 Å². The summed E-state index contributed by atoms with van der Waals surface area (Å²) in [4.78, 5) is -0.0111. The van der Waals surface area contributed by atoms with Gasteiger partial charge in [0, 0.05) is 13.1 Å². The zero-order valence-corrected chi connectivity index (χ0v) is 12.3. The van der Waals surface area contributed by atoms with Gasteiger partial charge in [0.15, 0.2) is 0 Å². The third kappa shape index (κ3) is 3.07. The lowest BCUT2D eigenvalue weighted by Gasteiger charge is -2.22. The molecule has 0 radical (unpaired) electrons. The second-order valence-corrected chi connectivity index (χ2v) is 6.66. The van der Waals surface area contributed by atoms with Gasteiger partial charge >= 0.3 is 0 Å². The summed E-state index contributed by atoms with van der Waals surface area (Å²) in [6.45, 7) is 1.64. The fourth-order valence-corrected chi connectivity index (χ4v) is 3.22. The Hall–Kier alpha value is -0.970. The number of rotatable bonds is 4. The second kappa shape index (κ2) is 5.78. The number of benzene rings is 1. The molecule has 0 spiro atoms. The van der Waals surface area contributed by atoms with E-state index in [0.717, 1.165) is 10.4 Å². The first-order chi connectivity index (χ1) is 8.30. The molecule has 1 rings (SSSR count). The topological polar surface area (TPSA) is 61.2 Å². The van der Waals surface area contributed by atoms with E-state index in [9.17, 15) is 12.8 Å². The molecule has 0 aliphatic rings. The Morgan fingerprint density at radius 1 is 1.56 bits per heavy atom. The van der Waals surface area contributed by atoms with E-state index in [0.29, 0.717) is 0 Å². The fraction of sp³-hybridized carbons (Fsp3) is 0.364. The molecular formula is C11H12BrFN2O2S. The largest absolute Gasteiger partial charge is 0.243 e. The third-order valence-electron chi connectivity index (χ3n) is 2.58. The van der Waals surface area contributed by atoms with Crippen molar-refractivity contribution in [1.82, 2.24) is 4.31 Å². The van der Waals surface area contributed by atoms with Crippen molar-refractivity contribution in [3.05, 3.63) is 28.5 Å². The molecular weight excluding hydrogens is 323 g/mol. The normalized spacial score (nSPS) is 13.3. The number of nitriles is 1. The van der Waals surface area contributed by atoms with E-state index >= 15 is 0 Å². The highest BCUT2D eigenvalue weighted by Crippen LogP contribution is 2.23. The van der Waals surface area contributed by atoms with Crippen molar-refractivity contribution in [3.63, 3.8) is 0 Å². The summed E-state index contributed by atoms with van der Waals surface area (Å²) >= 11 is 2.95. The average molecular weight is 335 g/mol. The summed E-state index contributed by atoms with van der Waals surface area (Å²) in [5.41, 5.74) is 0. The Balaban J connectivity index is 3.14. The van der Waals surface area contributed by atoms with Gasteiger partial charge in [-0.3, -0.25) is 0 Å². The van der Waals surface area contributed by atoms with Crippen molar-refractivity contribution in [2.24, 2.45) is 0 Å². The highest BCUT2D eigenvalue weighted by atomic mass is 79.9. The van der Waals surface area contributed by atoms with Crippen molar-refractivity contribution < 1.29 is 12.8 Å². The summed E-state index contributed by atoms with van der Waals surface area (Å²) < 4.78 is 38.6. The molecule has 4 nitrogen and oxygen atoms in total. The van der Waals surface area contributed by atoms with E-state index in [1.54, 1.807) is 6.92 Å². The maximum Gasteiger partial charge on any atom is 0.243 e. The molecule has 1 aromatic rings. The van der Waals surface area contributed by atoms with Crippen molar-refractivity contribution >= 4 is 26.0 Å². The molecule has 0 fully saturated rings. The van der Waals surface area contributed by atoms with E-state index in [2.05, 4.69) is 15.9 Å². The molecule has 1 aromatic carbocycles. The second-order valence-electron chi connectivity index (χ2n) is 3.81. The number of sulfonamides is 1. The number of hydrogen-bond acceptors (Lipinski definition) is 3. The molecule has 1 unspecified atom stereocenters. The lowest BCUT2D eigenvalue weighted by Crippen LogP contribution is -2.34. The van der Waals surface area contributed by atoms with Crippen molar-refractivity contribution in [1.29, 1.82) is 5.26 Å². The van der Waals surface area contributed by atoms with Crippen LogP contribution in [-0.2, 0) is 10.0 Å². The molecule has 0 saturated heterocycles. The van der Waals surface area contributed by atoms with Crippen LogP contribution in [0, 0.1) is 17.1 Å². The van der Waals surface area contributed by atoms with Gasteiger partial charge in [-0.15, -0.1) is 0 Å². The Kier molecular flexibility index (Phi) is 4.85.